The lowest BCUT2D eigenvalue weighted by molar-refractivity contribution is 0.627. The lowest BCUT2D eigenvalue weighted by Crippen LogP contribution is -2.25. The van der Waals surface area contributed by atoms with Crippen molar-refractivity contribution in [2.45, 2.75) is 19.9 Å². The van der Waals surface area contributed by atoms with Crippen LogP contribution in [0.25, 0.3) is 0 Å². The van der Waals surface area contributed by atoms with E-state index in [4.69, 9.17) is 0 Å². The fraction of sp³-hybridized carbons (Fsp3) is 0.136. The van der Waals surface area contributed by atoms with Crippen LogP contribution in [-0.2, 0) is 0 Å². The van der Waals surface area contributed by atoms with Crippen molar-refractivity contribution in [2.75, 3.05) is 4.90 Å². The predicted molar refractivity (Wildman–Crippen MR) is 104 cm³/mol. The largest absolute Gasteiger partial charge is 0.339 e. The summed E-state index contributed by atoms with van der Waals surface area (Å²) in [5.41, 5.74) is 3.86. The van der Waals surface area contributed by atoms with E-state index < -0.39 is 0 Å². The van der Waals surface area contributed by atoms with Crippen molar-refractivity contribution in [3.05, 3.63) is 90.2 Å². The summed E-state index contributed by atoms with van der Waals surface area (Å²) in [6.45, 7) is 4.34. The molecule has 0 bridgehead atoms. The fourth-order valence-corrected chi connectivity index (χ4v) is 2.77. The van der Waals surface area contributed by atoms with Crippen LogP contribution in [-0.4, -0.2) is 12.3 Å². The number of anilines is 2. The van der Waals surface area contributed by atoms with Gasteiger partial charge in [-0.25, -0.2) is 4.39 Å². The Morgan fingerprint density at radius 1 is 0.840 bits per heavy atom. The molecule has 0 fully saturated rings. The maximum atomic E-state index is 13.2. The van der Waals surface area contributed by atoms with E-state index in [1.54, 1.807) is 12.3 Å². The molecule has 0 unspecified atom stereocenters. The number of para-hydroxylation sites is 1. The van der Waals surface area contributed by atoms with Crippen molar-refractivity contribution in [2.24, 2.45) is 4.99 Å². The summed E-state index contributed by atoms with van der Waals surface area (Å²) < 4.78 is 13.2. The molecular weight excluding hydrogens is 311 g/mol. The number of halogens is 1. The Bertz CT molecular complexity index is 839. The SMILES string of the molecule is CC(C)N(c1ccccc1)c1ccc(N=Cc2cccc(F)c2)cc1. The third-order valence-corrected chi connectivity index (χ3v) is 3.89. The molecular formula is C22H21FN2. The van der Waals surface area contributed by atoms with E-state index >= 15 is 0 Å². The minimum atomic E-state index is -0.255. The van der Waals surface area contributed by atoms with Gasteiger partial charge >= 0.3 is 0 Å². The summed E-state index contributed by atoms with van der Waals surface area (Å²) in [5, 5.41) is 0. The normalized spacial score (nSPS) is 11.2. The minimum absolute atomic E-state index is 0.255. The predicted octanol–water partition coefficient (Wildman–Crippen LogP) is 6.12. The first-order chi connectivity index (χ1) is 12.1. The van der Waals surface area contributed by atoms with E-state index in [2.05, 4.69) is 48.0 Å². The quantitative estimate of drug-likeness (QED) is 0.514. The first kappa shape index (κ1) is 16.9. The summed E-state index contributed by atoms with van der Waals surface area (Å²) in [6, 6.07) is 25.1. The monoisotopic (exact) mass is 332 g/mol. The molecule has 2 nitrogen and oxygen atoms in total. The third kappa shape index (κ3) is 4.32. The number of hydrogen-bond acceptors (Lipinski definition) is 2. The lowest BCUT2D eigenvalue weighted by Gasteiger charge is -2.29. The first-order valence-corrected chi connectivity index (χ1v) is 8.37. The Kier molecular flexibility index (Phi) is 5.24. The van der Waals surface area contributed by atoms with Gasteiger partial charge in [-0.2, -0.15) is 0 Å². The molecule has 0 N–H and O–H groups in total. The Morgan fingerprint density at radius 2 is 1.52 bits per heavy atom. The van der Waals surface area contributed by atoms with Crippen LogP contribution < -0.4 is 4.90 Å². The van der Waals surface area contributed by atoms with Crippen LogP contribution in [0.15, 0.2) is 83.9 Å². The zero-order chi connectivity index (χ0) is 17.6. The van der Waals surface area contributed by atoms with Crippen molar-refractivity contribution in [1.82, 2.24) is 0 Å². The van der Waals surface area contributed by atoms with E-state index in [9.17, 15) is 4.39 Å². The van der Waals surface area contributed by atoms with Crippen molar-refractivity contribution < 1.29 is 4.39 Å². The maximum absolute atomic E-state index is 13.2. The highest BCUT2D eigenvalue weighted by molar-refractivity contribution is 5.82. The van der Waals surface area contributed by atoms with Crippen molar-refractivity contribution in [3.8, 4) is 0 Å². The highest BCUT2D eigenvalue weighted by atomic mass is 19.1. The topological polar surface area (TPSA) is 15.6 Å². The molecule has 25 heavy (non-hydrogen) atoms. The van der Waals surface area contributed by atoms with Gasteiger partial charge in [-0.15, -0.1) is 0 Å². The molecule has 3 heteroatoms. The van der Waals surface area contributed by atoms with Gasteiger partial charge in [-0.05, 0) is 67.9 Å². The van der Waals surface area contributed by atoms with E-state index in [0.717, 1.165) is 22.6 Å². The smallest absolute Gasteiger partial charge is 0.123 e. The molecule has 3 aromatic carbocycles. The molecule has 0 amide bonds. The summed E-state index contributed by atoms with van der Waals surface area (Å²) in [4.78, 5) is 6.70. The van der Waals surface area contributed by atoms with Crippen molar-refractivity contribution >= 4 is 23.3 Å². The standard InChI is InChI=1S/C22H21FN2/c1-17(2)25(21-9-4-3-5-10-21)22-13-11-20(12-14-22)24-16-18-7-6-8-19(23)15-18/h3-17H,1-2H3. The average Bonchev–Trinajstić information content (AvgIpc) is 2.62. The summed E-state index contributed by atoms with van der Waals surface area (Å²) >= 11 is 0. The number of rotatable bonds is 5. The molecule has 0 aliphatic rings. The van der Waals surface area contributed by atoms with E-state index in [0.29, 0.717) is 6.04 Å². The van der Waals surface area contributed by atoms with Crippen LogP contribution in [0.3, 0.4) is 0 Å². The van der Waals surface area contributed by atoms with Crippen molar-refractivity contribution in [3.63, 3.8) is 0 Å². The third-order valence-electron chi connectivity index (χ3n) is 3.89. The van der Waals surface area contributed by atoms with Gasteiger partial charge in [0.2, 0.25) is 0 Å². The van der Waals surface area contributed by atoms with E-state index in [-0.39, 0.29) is 5.82 Å². The Morgan fingerprint density at radius 3 is 2.16 bits per heavy atom. The second-order valence-corrected chi connectivity index (χ2v) is 6.13. The molecule has 3 rings (SSSR count). The summed E-state index contributed by atoms with van der Waals surface area (Å²) in [5.74, 6) is -0.255. The van der Waals surface area contributed by atoms with E-state index in [1.165, 1.54) is 12.1 Å². The second kappa shape index (κ2) is 7.75. The number of nitrogens with zero attached hydrogens (tertiary/aromatic N) is 2. The average molecular weight is 332 g/mol. The molecule has 0 spiro atoms. The lowest BCUT2D eigenvalue weighted by atomic mass is 10.2. The zero-order valence-electron chi connectivity index (χ0n) is 14.4. The molecule has 0 saturated carbocycles. The van der Waals surface area contributed by atoms with Gasteiger partial charge in [-0.1, -0.05) is 30.3 Å². The summed E-state index contributed by atoms with van der Waals surface area (Å²) in [6.07, 6.45) is 1.68. The van der Waals surface area contributed by atoms with Gasteiger partial charge in [0.05, 0.1) is 5.69 Å². The summed E-state index contributed by atoms with van der Waals surface area (Å²) in [7, 11) is 0. The molecule has 0 heterocycles. The molecule has 3 aromatic rings. The molecule has 126 valence electrons. The molecule has 0 aliphatic carbocycles. The molecule has 0 atom stereocenters. The van der Waals surface area contributed by atoms with Crippen LogP contribution >= 0.6 is 0 Å². The number of benzene rings is 3. The van der Waals surface area contributed by atoms with Gasteiger partial charge < -0.3 is 4.90 Å². The van der Waals surface area contributed by atoms with Crippen LogP contribution in [0.4, 0.5) is 21.5 Å². The second-order valence-electron chi connectivity index (χ2n) is 6.13. The van der Waals surface area contributed by atoms with Gasteiger partial charge in [-0.3, -0.25) is 4.99 Å². The molecule has 0 radical (unpaired) electrons. The number of hydrogen-bond donors (Lipinski definition) is 0. The van der Waals surface area contributed by atoms with Gasteiger partial charge in [0.25, 0.3) is 0 Å². The molecule has 0 aliphatic heterocycles. The van der Waals surface area contributed by atoms with Crippen molar-refractivity contribution in [1.29, 1.82) is 0 Å². The molecule has 0 saturated heterocycles. The van der Waals surface area contributed by atoms with Gasteiger partial charge in [0, 0.05) is 23.6 Å². The Hall–Kier alpha value is -2.94. The van der Waals surface area contributed by atoms with Crippen LogP contribution in [0.2, 0.25) is 0 Å². The minimum Gasteiger partial charge on any atom is -0.339 e. The number of aliphatic imine (C=N–C) groups is 1. The Labute approximate surface area is 148 Å². The highest BCUT2D eigenvalue weighted by Gasteiger charge is 2.12. The van der Waals surface area contributed by atoms with Crippen LogP contribution in [0.5, 0.6) is 0 Å². The first-order valence-electron chi connectivity index (χ1n) is 8.37. The highest BCUT2D eigenvalue weighted by Crippen LogP contribution is 2.29. The molecule has 0 aromatic heterocycles. The van der Waals surface area contributed by atoms with E-state index in [1.807, 2.05) is 36.4 Å². The fourth-order valence-electron chi connectivity index (χ4n) is 2.77. The zero-order valence-corrected chi connectivity index (χ0v) is 14.4. The van der Waals surface area contributed by atoms with Gasteiger partial charge in [0.15, 0.2) is 0 Å². The van der Waals surface area contributed by atoms with Crippen LogP contribution in [0.1, 0.15) is 19.4 Å². The van der Waals surface area contributed by atoms with Gasteiger partial charge in [0.1, 0.15) is 5.82 Å². The van der Waals surface area contributed by atoms with Crippen LogP contribution in [0, 0.1) is 5.82 Å². The Balaban J connectivity index is 1.81. The maximum Gasteiger partial charge on any atom is 0.123 e.